The van der Waals surface area contributed by atoms with Crippen molar-refractivity contribution in [2.75, 3.05) is 0 Å². The van der Waals surface area contributed by atoms with Gasteiger partial charge in [-0.15, -0.1) is 0 Å². The van der Waals surface area contributed by atoms with Gasteiger partial charge in [-0.2, -0.15) is 0 Å². The van der Waals surface area contributed by atoms with Crippen LogP contribution >= 0.6 is 0 Å². The van der Waals surface area contributed by atoms with Gasteiger partial charge >= 0.3 is 0 Å². The van der Waals surface area contributed by atoms with Crippen LogP contribution in [-0.2, 0) is 6.42 Å². The van der Waals surface area contributed by atoms with Crippen molar-refractivity contribution in [1.82, 2.24) is 0 Å². The Morgan fingerprint density at radius 1 is 0.885 bits per heavy atom. The highest BCUT2D eigenvalue weighted by atomic mass is 19.1. The molecular weight excluding hydrogens is 319 g/mol. The summed E-state index contributed by atoms with van der Waals surface area (Å²) in [5.74, 6) is 1.11. The van der Waals surface area contributed by atoms with Gasteiger partial charge < -0.3 is 0 Å². The van der Waals surface area contributed by atoms with Gasteiger partial charge in [0.2, 0.25) is 0 Å². The van der Waals surface area contributed by atoms with Crippen LogP contribution in [0.15, 0.2) is 42.5 Å². The Hall–Kier alpha value is -1.63. The smallest absolute Gasteiger partial charge is 0.131 e. The van der Waals surface area contributed by atoms with Crippen LogP contribution in [0.2, 0.25) is 0 Å². The van der Waals surface area contributed by atoms with Gasteiger partial charge in [0.1, 0.15) is 5.82 Å². The Morgan fingerprint density at radius 3 is 2.15 bits per heavy atom. The fraction of sp³-hybridized carbons (Fsp3) is 0.520. The second-order valence-electron chi connectivity index (χ2n) is 7.70. The van der Waals surface area contributed by atoms with E-state index in [1.54, 1.807) is 6.07 Å². The standard InChI is InChI=1S/C25H35F/c1-5-8-9-21-12-14-22(15-13-21)24-17-16-23(18-25(24)26)19(4)10-11-20(6-2)7-3/h12-20H,5-11H2,1-4H3. The molecule has 1 unspecified atom stereocenters. The van der Waals surface area contributed by atoms with Crippen molar-refractivity contribution in [3.8, 4) is 11.1 Å². The molecule has 0 spiro atoms. The van der Waals surface area contributed by atoms with Gasteiger partial charge in [0.05, 0.1) is 0 Å². The molecule has 0 nitrogen and oxygen atoms in total. The Morgan fingerprint density at radius 2 is 1.58 bits per heavy atom. The van der Waals surface area contributed by atoms with E-state index in [1.165, 1.54) is 37.7 Å². The molecule has 26 heavy (non-hydrogen) atoms. The third kappa shape index (κ3) is 5.69. The Bertz CT molecular complexity index is 652. The number of hydrogen-bond acceptors (Lipinski definition) is 0. The monoisotopic (exact) mass is 354 g/mol. The molecular formula is C25H35F. The lowest BCUT2D eigenvalue weighted by Gasteiger charge is -2.17. The predicted octanol–water partition coefficient (Wildman–Crippen LogP) is 8.16. The average Bonchev–Trinajstić information content (AvgIpc) is 2.67. The third-order valence-electron chi connectivity index (χ3n) is 5.81. The summed E-state index contributed by atoms with van der Waals surface area (Å²) >= 11 is 0. The molecule has 0 heterocycles. The molecule has 0 radical (unpaired) electrons. The van der Waals surface area contributed by atoms with Gasteiger partial charge in [0.25, 0.3) is 0 Å². The van der Waals surface area contributed by atoms with Gasteiger partial charge in [0, 0.05) is 5.56 Å². The second-order valence-corrected chi connectivity index (χ2v) is 7.70. The zero-order valence-corrected chi connectivity index (χ0v) is 17.0. The maximum Gasteiger partial charge on any atom is 0.131 e. The van der Waals surface area contributed by atoms with Crippen LogP contribution in [0.3, 0.4) is 0 Å². The first-order valence-corrected chi connectivity index (χ1v) is 10.5. The van der Waals surface area contributed by atoms with Crippen LogP contribution in [0.4, 0.5) is 4.39 Å². The molecule has 142 valence electrons. The van der Waals surface area contributed by atoms with E-state index in [2.05, 4.69) is 58.0 Å². The Kier molecular flexibility index (Phi) is 8.35. The predicted molar refractivity (Wildman–Crippen MR) is 112 cm³/mol. The summed E-state index contributed by atoms with van der Waals surface area (Å²) in [5.41, 5.74) is 4.14. The number of benzene rings is 2. The van der Waals surface area contributed by atoms with Crippen LogP contribution in [0, 0.1) is 11.7 Å². The summed E-state index contributed by atoms with van der Waals surface area (Å²) in [6.45, 7) is 8.96. The highest BCUT2D eigenvalue weighted by Gasteiger charge is 2.13. The van der Waals surface area contributed by atoms with Crippen molar-refractivity contribution >= 4 is 0 Å². The Balaban J connectivity index is 2.06. The van der Waals surface area contributed by atoms with Crippen LogP contribution in [0.1, 0.15) is 83.3 Å². The minimum Gasteiger partial charge on any atom is -0.206 e. The first-order valence-electron chi connectivity index (χ1n) is 10.5. The lowest BCUT2D eigenvalue weighted by atomic mass is 9.88. The van der Waals surface area contributed by atoms with Crippen molar-refractivity contribution in [2.45, 2.75) is 78.6 Å². The summed E-state index contributed by atoms with van der Waals surface area (Å²) in [5, 5.41) is 0. The fourth-order valence-electron chi connectivity index (χ4n) is 3.65. The largest absolute Gasteiger partial charge is 0.206 e. The molecule has 0 aromatic heterocycles. The number of halogens is 1. The highest BCUT2D eigenvalue weighted by Crippen LogP contribution is 2.30. The van der Waals surface area contributed by atoms with E-state index in [0.717, 1.165) is 29.9 Å². The summed E-state index contributed by atoms with van der Waals surface area (Å²) in [4.78, 5) is 0. The van der Waals surface area contributed by atoms with E-state index in [0.29, 0.717) is 11.5 Å². The molecule has 1 atom stereocenters. The number of aryl methyl sites for hydroxylation is 1. The van der Waals surface area contributed by atoms with Gasteiger partial charge in [-0.05, 0) is 60.3 Å². The molecule has 0 N–H and O–H groups in total. The Labute approximate surface area is 159 Å². The molecule has 0 bridgehead atoms. The lowest BCUT2D eigenvalue weighted by molar-refractivity contribution is 0.423. The van der Waals surface area contributed by atoms with E-state index in [4.69, 9.17) is 0 Å². The van der Waals surface area contributed by atoms with Crippen molar-refractivity contribution in [3.63, 3.8) is 0 Å². The summed E-state index contributed by atoms with van der Waals surface area (Å²) < 4.78 is 14.7. The zero-order chi connectivity index (χ0) is 18.9. The molecule has 2 rings (SSSR count). The molecule has 2 aromatic rings. The van der Waals surface area contributed by atoms with Crippen molar-refractivity contribution in [3.05, 3.63) is 59.4 Å². The number of hydrogen-bond donors (Lipinski definition) is 0. The maximum atomic E-state index is 14.7. The zero-order valence-electron chi connectivity index (χ0n) is 17.0. The highest BCUT2D eigenvalue weighted by molar-refractivity contribution is 5.65. The molecule has 0 aliphatic carbocycles. The molecule has 0 amide bonds. The van der Waals surface area contributed by atoms with E-state index < -0.39 is 0 Å². The summed E-state index contributed by atoms with van der Waals surface area (Å²) in [6.07, 6.45) is 8.36. The normalized spacial score (nSPS) is 12.5. The van der Waals surface area contributed by atoms with Gasteiger partial charge in [0.15, 0.2) is 0 Å². The van der Waals surface area contributed by atoms with E-state index in [1.807, 2.05) is 6.07 Å². The summed E-state index contributed by atoms with van der Waals surface area (Å²) in [6, 6.07) is 14.2. The van der Waals surface area contributed by atoms with Gasteiger partial charge in [-0.1, -0.05) is 83.4 Å². The average molecular weight is 355 g/mol. The molecule has 0 saturated carbocycles. The fourth-order valence-corrected chi connectivity index (χ4v) is 3.65. The summed E-state index contributed by atoms with van der Waals surface area (Å²) in [7, 11) is 0. The molecule has 0 fully saturated rings. The minimum absolute atomic E-state index is 0.0989. The van der Waals surface area contributed by atoms with E-state index in [9.17, 15) is 4.39 Å². The molecule has 0 aliphatic rings. The SMILES string of the molecule is CCCCc1ccc(-c2ccc(C(C)CCC(CC)CC)cc2F)cc1. The van der Waals surface area contributed by atoms with Gasteiger partial charge in [-0.3, -0.25) is 0 Å². The molecule has 0 aliphatic heterocycles. The van der Waals surface area contributed by atoms with Crippen molar-refractivity contribution < 1.29 is 4.39 Å². The van der Waals surface area contributed by atoms with Crippen molar-refractivity contribution in [2.24, 2.45) is 5.92 Å². The number of unbranched alkanes of at least 4 members (excludes halogenated alkanes) is 1. The van der Waals surface area contributed by atoms with Crippen LogP contribution in [0.5, 0.6) is 0 Å². The number of rotatable bonds is 10. The second kappa shape index (κ2) is 10.5. The molecule has 1 heteroatoms. The molecule has 0 saturated heterocycles. The quantitative estimate of drug-likeness (QED) is 0.404. The van der Waals surface area contributed by atoms with Crippen LogP contribution in [0.25, 0.3) is 11.1 Å². The van der Waals surface area contributed by atoms with Crippen LogP contribution in [-0.4, -0.2) is 0 Å². The maximum absolute atomic E-state index is 14.7. The first kappa shape index (κ1) is 20.7. The van der Waals surface area contributed by atoms with E-state index >= 15 is 0 Å². The van der Waals surface area contributed by atoms with Crippen molar-refractivity contribution in [1.29, 1.82) is 0 Å². The molecule has 2 aromatic carbocycles. The first-order chi connectivity index (χ1) is 12.6. The minimum atomic E-state index is -0.0989. The van der Waals surface area contributed by atoms with Crippen LogP contribution < -0.4 is 0 Å². The topological polar surface area (TPSA) is 0 Å². The lowest BCUT2D eigenvalue weighted by Crippen LogP contribution is -2.02. The van der Waals surface area contributed by atoms with Gasteiger partial charge in [-0.25, -0.2) is 4.39 Å². The third-order valence-corrected chi connectivity index (χ3v) is 5.81. The van der Waals surface area contributed by atoms with E-state index in [-0.39, 0.29) is 5.82 Å².